The van der Waals surface area contributed by atoms with Gasteiger partial charge >= 0.3 is 0 Å². The van der Waals surface area contributed by atoms with Crippen molar-refractivity contribution in [3.63, 3.8) is 0 Å². The average Bonchev–Trinajstić information content (AvgIpc) is 2.92. The smallest absolute Gasteiger partial charge is 0.226 e. The summed E-state index contributed by atoms with van der Waals surface area (Å²) in [7, 11) is 0. The highest BCUT2D eigenvalue weighted by molar-refractivity contribution is 5.83. The Bertz CT molecular complexity index is 1280. The number of hydrogen-bond acceptors (Lipinski definition) is 2. The van der Waals surface area contributed by atoms with E-state index < -0.39 is 0 Å². The Morgan fingerprint density at radius 1 is 0.895 bits per heavy atom. The summed E-state index contributed by atoms with van der Waals surface area (Å²) in [5, 5.41) is 3.49. The van der Waals surface area contributed by atoms with E-state index in [0.717, 1.165) is 57.2 Å². The summed E-state index contributed by atoms with van der Waals surface area (Å²) in [5.74, 6) is 1.52. The monoisotopic (exact) mass is 507 g/mol. The maximum absolute atomic E-state index is 14.0. The minimum absolute atomic E-state index is 0.0162. The van der Waals surface area contributed by atoms with Crippen LogP contribution in [0, 0.1) is 11.3 Å². The number of hydrogen-bond donors (Lipinski definition) is 1. The van der Waals surface area contributed by atoms with Crippen LogP contribution in [0.3, 0.4) is 0 Å². The molecule has 2 fully saturated rings. The number of aryl methyl sites for hydroxylation is 1. The molecule has 198 valence electrons. The highest BCUT2D eigenvalue weighted by atomic mass is 16.5. The molecule has 0 spiro atoms. The van der Waals surface area contributed by atoms with E-state index in [0.29, 0.717) is 12.5 Å². The number of amides is 1. The lowest BCUT2D eigenvalue weighted by atomic mass is 9.49. The van der Waals surface area contributed by atoms with Crippen LogP contribution in [-0.2, 0) is 28.7 Å². The Kier molecular flexibility index (Phi) is 6.58. The molecule has 3 aromatic rings. The summed E-state index contributed by atoms with van der Waals surface area (Å²) in [6.45, 7) is 5.99. The van der Waals surface area contributed by atoms with Crippen molar-refractivity contribution in [2.75, 3.05) is 6.54 Å². The Labute approximate surface area is 228 Å². The molecule has 1 N–H and O–H groups in total. The largest absolute Gasteiger partial charge is 0.489 e. The molecule has 1 amide bonds. The predicted octanol–water partition coefficient (Wildman–Crippen LogP) is 7.51. The maximum atomic E-state index is 14.0. The van der Waals surface area contributed by atoms with Gasteiger partial charge in [0.1, 0.15) is 12.4 Å². The molecule has 0 unspecified atom stereocenters. The summed E-state index contributed by atoms with van der Waals surface area (Å²) in [6.07, 6.45) is 8.85. The summed E-state index contributed by atoms with van der Waals surface area (Å²) in [6, 6.07) is 27.8. The summed E-state index contributed by atoms with van der Waals surface area (Å²) < 4.78 is 6.24. The fourth-order valence-corrected chi connectivity index (χ4v) is 7.96. The van der Waals surface area contributed by atoms with E-state index in [-0.39, 0.29) is 22.2 Å². The van der Waals surface area contributed by atoms with Crippen LogP contribution in [0.25, 0.3) is 0 Å². The van der Waals surface area contributed by atoms with E-state index in [9.17, 15) is 4.79 Å². The Morgan fingerprint density at radius 3 is 2.32 bits per heavy atom. The second-order valence-electron chi connectivity index (χ2n) is 12.6. The number of nitrogens with one attached hydrogen (secondary N) is 1. The number of benzene rings is 3. The molecule has 0 saturated heterocycles. The van der Waals surface area contributed by atoms with Crippen molar-refractivity contribution >= 4 is 5.91 Å². The standard InChI is InChI=1S/C35H41NO2/c1-33-19-9-20-34(2,32(37)36-25-35(21-10-22-35)28-13-7-4-8-14-28)31(33)18-16-27-15-17-29(23-30(27)33)38-24-26-11-5-3-6-12-26/h3-8,11-15,17,23,31H,9-10,16,18-22,24-25H2,1-2H3,(H,36,37)/t31-,33-,34+/m1/s1. The quantitative estimate of drug-likeness (QED) is 0.359. The molecule has 3 heteroatoms. The van der Waals surface area contributed by atoms with Gasteiger partial charge in [0.05, 0.1) is 5.41 Å². The van der Waals surface area contributed by atoms with Gasteiger partial charge in [-0.2, -0.15) is 0 Å². The van der Waals surface area contributed by atoms with Gasteiger partial charge in [-0.1, -0.05) is 93.4 Å². The summed E-state index contributed by atoms with van der Waals surface area (Å²) in [5.41, 5.74) is 5.12. The molecule has 3 atom stereocenters. The maximum Gasteiger partial charge on any atom is 0.226 e. The van der Waals surface area contributed by atoms with Crippen molar-refractivity contribution in [1.29, 1.82) is 0 Å². The second-order valence-corrected chi connectivity index (χ2v) is 12.6. The van der Waals surface area contributed by atoms with Crippen molar-refractivity contribution in [1.82, 2.24) is 5.32 Å². The van der Waals surface area contributed by atoms with Gasteiger partial charge in [-0.05, 0) is 84.2 Å². The van der Waals surface area contributed by atoms with Gasteiger partial charge in [0.25, 0.3) is 0 Å². The summed E-state index contributed by atoms with van der Waals surface area (Å²) >= 11 is 0. The number of fused-ring (bicyclic) bond motifs is 3. The van der Waals surface area contributed by atoms with E-state index in [4.69, 9.17) is 4.74 Å². The normalized spacial score (nSPS) is 27.4. The molecule has 3 aliphatic rings. The van der Waals surface area contributed by atoms with Crippen LogP contribution in [0.15, 0.2) is 78.9 Å². The molecule has 0 bridgehead atoms. The Balaban J connectivity index is 1.21. The van der Waals surface area contributed by atoms with Crippen molar-refractivity contribution in [3.8, 4) is 5.75 Å². The fourth-order valence-electron chi connectivity index (χ4n) is 7.96. The second kappa shape index (κ2) is 9.91. The van der Waals surface area contributed by atoms with E-state index in [1.54, 1.807) is 0 Å². The Morgan fingerprint density at radius 2 is 1.61 bits per heavy atom. The number of rotatable bonds is 7. The average molecular weight is 508 g/mol. The van der Waals surface area contributed by atoms with Crippen molar-refractivity contribution in [2.24, 2.45) is 11.3 Å². The third-order valence-electron chi connectivity index (χ3n) is 10.4. The van der Waals surface area contributed by atoms with Gasteiger partial charge in [-0.15, -0.1) is 0 Å². The molecule has 2 saturated carbocycles. The van der Waals surface area contributed by atoms with Crippen LogP contribution in [0.1, 0.15) is 81.0 Å². The first kappa shape index (κ1) is 25.2. The zero-order valence-corrected chi connectivity index (χ0v) is 23.0. The van der Waals surface area contributed by atoms with Crippen molar-refractivity contribution in [2.45, 2.75) is 82.7 Å². The van der Waals surface area contributed by atoms with E-state index in [1.165, 1.54) is 28.7 Å². The predicted molar refractivity (Wildman–Crippen MR) is 153 cm³/mol. The third-order valence-corrected chi connectivity index (χ3v) is 10.4. The molecular formula is C35H41NO2. The van der Waals surface area contributed by atoms with Crippen LogP contribution in [0.4, 0.5) is 0 Å². The first-order chi connectivity index (χ1) is 18.4. The molecule has 38 heavy (non-hydrogen) atoms. The van der Waals surface area contributed by atoms with Gasteiger partial charge < -0.3 is 10.1 Å². The zero-order chi connectivity index (χ0) is 26.2. The zero-order valence-electron chi connectivity index (χ0n) is 23.0. The molecule has 3 aliphatic carbocycles. The fraction of sp³-hybridized carbons (Fsp3) is 0.457. The lowest BCUT2D eigenvalue weighted by molar-refractivity contribution is -0.139. The molecule has 0 aliphatic heterocycles. The van der Waals surface area contributed by atoms with Crippen molar-refractivity contribution in [3.05, 3.63) is 101 Å². The lowest BCUT2D eigenvalue weighted by Gasteiger charge is -2.55. The van der Waals surface area contributed by atoms with Gasteiger partial charge in [0.15, 0.2) is 0 Å². The third kappa shape index (κ3) is 4.34. The minimum Gasteiger partial charge on any atom is -0.489 e. The van der Waals surface area contributed by atoms with E-state index >= 15 is 0 Å². The Hall–Kier alpha value is -3.07. The van der Waals surface area contributed by atoms with Crippen LogP contribution in [0.5, 0.6) is 5.75 Å². The molecule has 3 aromatic carbocycles. The minimum atomic E-state index is -0.354. The molecule has 0 radical (unpaired) electrons. The van der Waals surface area contributed by atoms with Gasteiger partial charge in [-0.25, -0.2) is 0 Å². The van der Waals surface area contributed by atoms with Crippen LogP contribution < -0.4 is 10.1 Å². The van der Waals surface area contributed by atoms with Crippen LogP contribution in [0.2, 0.25) is 0 Å². The SMILES string of the molecule is C[C@]1(C(=O)NCC2(c3ccccc3)CCC2)CCC[C@]2(C)c3cc(OCc4ccccc4)ccc3CC[C@@H]12. The van der Waals surface area contributed by atoms with Gasteiger partial charge in [-0.3, -0.25) is 4.79 Å². The molecule has 0 heterocycles. The first-order valence-corrected chi connectivity index (χ1v) is 14.6. The highest BCUT2D eigenvalue weighted by Crippen LogP contribution is 2.58. The topological polar surface area (TPSA) is 38.3 Å². The van der Waals surface area contributed by atoms with Crippen LogP contribution >= 0.6 is 0 Å². The number of ether oxygens (including phenoxy) is 1. The van der Waals surface area contributed by atoms with Gasteiger partial charge in [0.2, 0.25) is 5.91 Å². The number of carbonyl (C=O) groups is 1. The van der Waals surface area contributed by atoms with Crippen LogP contribution in [-0.4, -0.2) is 12.5 Å². The molecule has 6 rings (SSSR count). The molecular weight excluding hydrogens is 466 g/mol. The first-order valence-electron chi connectivity index (χ1n) is 14.6. The lowest BCUT2D eigenvalue weighted by Crippen LogP contribution is -2.57. The van der Waals surface area contributed by atoms with Crippen molar-refractivity contribution < 1.29 is 9.53 Å². The molecule has 3 nitrogen and oxygen atoms in total. The summed E-state index contributed by atoms with van der Waals surface area (Å²) in [4.78, 5) is 14.0. The number of carbonyl (C=O) groups excluding carboxylic acids is 1. The van der Waals surface area contributed by atoms with E-state index in [1.807, 2.05) is 6.07 Å². The highest BCUT2D eigenvalue weighted by Gasteiger charge is 2.55. The van der Waals surface area contributed by atoms with E-state index in [2.05, 4.69) is 92.0 Å². The molecule has 0 aromatic heterocycles. The van der Waals surface area contributed by atoms with Gasteiger partial charge in [0, 0.05) is 12.0 Å².